The van der Waals surface area contributed by atoms with Crippen LogP contribution in [0.3, 0.4) is 0 Å². The fraction of sp³-hybridized carbons (Fsp3) is 1.00. The van der Waals surface area contributed by atoms with Gasteiger partial charge < -0.3 is 9.42 Å². The summed E-state index contributed by atoms with van der Waals surface area (Å²) in [5, 5.41) is 2.43. The zero-order valence-corrected chi connectivity index (χ0v) is 10.1. The molecular weight excluding hydrogens is 250 g/mol. The van der Waals surface area contributed by atoms with E-state index in [2.05, 4.69) is 21.4 Å². The van der Waals surface area contributed by atoms with Crippen molar-refractivity contribution in [2.24, 2.45) is 0 Å². The maximum Gasteiger partial charge on any atom is 0.412 e. The Labute approximate surface area is 92.2 Å². The number of hydrogen-bond acceptors (Lipinski definition) is 2. The molecule has 0 heterocycles. The molecule has 0 aliphatic rings. The second kappa shape index (κ2) is 6.81. The summed E-state index contributed by atoms with van der Waals surface area (Å²) in [6, 6.07) is 0. The van der Waals surface area contributed by atoms with Gasteiger partial charge in [-0.3, -0.25) is 0 Å². The molecule has 0 aliphatic carbocycles. The van der Waals surface area contributed by atoms with Crippen LogP contribution in [0.5, 0.6) is 0 Å². The minimum absolute atomic E-state index is 0.374. The zero-order valence-electron chi connectivity index (χ0n) is 8.38. The van der Waals surface area contributed by atoms with Gasteiger partial charge in [0.1, 0.15) is 0 Å². The van der Waals surface area contributed by atoms with E-state index < -0.39 is 19.4 Å². The largest absolute Gasteiger partial charge is 0.412 e. The summed E-state index contributed by atoms with van der Waals surface area (Å²) >= 11 is 4.49. The first-order valence-electron chi connectivity index (χ1n) is 4.56. The normalized spacial score (nSPS) is 16.3. The molecule has 0 spiro atoms. The van der Waals surface area contributed by atoms with E-state index in [1.807, 2.05) is 6.92 Å². The molecule has 1 atom stereocenters. The highest BCUT2D eigenvalue weighted by atomic mass is 32.5. The molecule has 92 valence electrons. The van der Waals surface area contributed by atoms with Crippen LogP contribution < -0.4 is 5.09 Å². The molecule has 0 aromatic rings. The van der Waals surface area contributed by atoms with Gasteiger partial charge in [-0.1, -0.05) is 19.8 Å². The van der Waals surface area contributed by atoms with Gasteiger partial charge in [0.05, 0.1) is 0 Å². The molecule has 15 heavy (non-hydrogen) atoms. The summed E-state index contributed by atoms with van der Waals surface area (Å²) in [6.45, 7) is -2.61. The third kappa shape index (κ3) is 10.6. The number of rotatable bonds is 7. The van der Waals surface area contributed by atoms with E-state index in [4.69, 9.17) is 0 Å². The molecule has 0 aliphatic heterocycles. The Kier molecular flexibility index (Phi) is 6.95. The minimum atomic E-state index is -4.46. The Bertz CT molecular complexity index is 225. The molecule has 0 fully saturated rings. The van der Waals surface area contributed by atoms with Gasteiger partial charge in [0.25, 0.3) is 6.64 Å². The van der Waals surface area contributed by atoms with Gasteiger partial charge >= 0.3 is 6.18 Å². The van der Waals surface area contributed by atoms with Crippen LogP contribution in [0, 0.1) is 0 Å². The van der Waals surface area contributed by atoms with Crippen LogP contribution >= 0.6 is 6.64 Å². The van der Waals surface area contributed by atoms with Crippen LogP contribution in [0.1, 0.15) is 26.2 Å². The average Bonchev–Trinajstić information content (AvgIpc) is 2.09. The van der Waals surface area contributed by atoms with E-state index in [1.54, 1.807) is 0 Å². The molecule has 1 unspecified atom stereocenters. The molecule has 0 amide bonds. The Balaban J connectivity index is 3.73. The highest BCUT2D eigenvalue weighted by molar-refractivity contribution is 8.08. The predicted octanol–water partition coefficient (Wildman–Crippen LogP) is 2.56. The summed E-state index contributed by atoms with van der Waals surface area (Å²) in [6.07, 6.45) is -1.79. The lowest BCUT2D eigenvalue weighted by Gasteiger charge is -2.17. The summed E-state index contributed by atoms with van der Waals surface area (Å²) in [5.41, 5.74) is 0. The number of hydrogen-bond donors (Lipinski definition) is 2. The summed E-state index contributed by atoms with van der Waals surface area (Å²) in [5.74, 6) is 0. The first-order chi connectivity index (χ1) is 6.77. The Hall–Kier alpha value is 0.320. The Morgan fingerprint density at radius 1 is 1.40 bits per heavy atom. The fourth-order valence-corrected chi connectivity index (χ4v) is 2.09. The quantitative estimate of drug-likeness (QED) is 0.548. The number of halogens is 3. The molecule has 0 radical (unpaired) electrons. The molecule has 2 N–H and O–H groups in total. The van der Waals surface area contributed by atoms with Crippen LogP contribution in [0.2, 0.25) is 0 Å². The van der Waals surface area contributed by atoms with Gasteiger partial charge in [-0.25, -0.2) is 5.09 Å². The molecule has 0 rings (SSSR count). The van der Waals surface area contributed by atoms with Crippen molar-refractivity contribution in [3.63, 3.8) is 0 Å². The van der Waals surface area contributed by atoms with Crippen molar-refractivity contribution in [1.82, 2.24) is 5.09 Å². The first kappa shape index (κ1) is 15.3. The molecule has 0 saturated heterocycles. The molecule has 8 heteroatoms. The summed E-state index contributed by atoms with van der Waals surface area (Å²) < 4.78 is 39.4. The summed E-state index contributed by atoms with van der Waals surface area (Å²) in [7, 11) is 0. The SMILES string of the molecule is CCCCCNP(O)(=S)OCC(F)(F)F. The maximum absolute atomic E-state index is 11.7. The summed E-state index contributed by atoms with van der Waals surface area (Å²) in [4.78, 5) is 9.27. The van der Waals surface area contributed by atoms with E-state index in [0.717, 1.165) is 19.3 Å². The van der Waals surface area contributed by atoms with Crippen LogP contribution in [0.25, 0.3) is 0 Å². The lowest BCUT2D eigenvalue weighted by molar-refractivity contribution is -0.153. The number of unbranched alkanes of at least 4 members (excludes halogenated alkanes) is 2. The highest BCUT2D eigenvalue weighted by Gasteiger charge is 2.30. The van der Waals surface area contributed by atoms with Gasteiger partial charge in [-0.2, -0.15) is 13.2 Å². The smallest absolute Gasteiger partial charge is 0.334 e. The third-order valence-electron chi connectivity index (χ3n) is 1.50. The van der Waals surface area contributed by atoms with Gasteiger partial charge in [-0.15, -0.1) is 0 Å². The van der Waals surface area contributed by atoms with E-state index in [-0.39, 0.29) is 0 Å². The average molecular weight is 265 g/mol. The van der Waals surface area contributed by atoms with Gasteiger partial charge in [0.15, 0.2) is 6.61 Å². The highest BCUT2D eigenvalue weighted by Crippen LogP contribution is 2.38. The second-order valence-electron chi connectivity index (χ2n) is 3.02. The minimum Gasteiger partial charge on any atom is -0.334 e. The topological polar surface area (TPSA) is 41.5 Å². The molecule has 0 aromatic heterocycles. The molecular formula is C7H15F3NO2PS. The standard InChI is InChI=1S/C7H15F3NO2PS/c1-2-3-4-5-11-14(12,15)13-6-7(8,9)10/h2-6H2,1H3,(H2,11,12,15). The van der Waals surface area contributed by atoms with Crippen molar-refractivity contribution in [2.75, 3.05) is 13.2 Å². The van der Waals surface area contributed by atoms with Crippen molar-refractivity contribution >= 4 is 18.4 Å². The van der Waals surface area contributed by atoms with Crippen LogP contribution in [-0.4, -0.2) is 24.2 Å². The van der Waals surface area contributed by atoms with E-state index in [1.165, 1.54) is 0 Å². The van der Waals surface area contributed by atoms with Crippen molar-refractivity contribution in [3.8, 4) is 0 Å². The van der Waals surface area contributed by atoms with E-state index in [9.17, 15) is 18.1 Å². The molecule has 0 aromatic carbocycles. The van der Waals surface area contributed by atoms with Crippen LogP contribution in [-0.2, 0) is 16.3 Å². The van der Waals surface area contributed by atoms with Crippen LogP contribution in [0.4, 0.5) is 13.2 Å². The number of nitrogens with one attached hydrogen (secondary N) is 1. The zero-order chi connectivity index (χ0) is 11.9. The fourth-order valence-electron chi connectivity index (χ4n) is 0.802. The van der Waals surface area contributed by atoms with Crippen molar-refractivity contribution in [3.05, 3.63) is 0 Å². The monoisotopic (exact) mass is 265 g/mol. The lowest BCUT2D eigenvalue weighted by atomic mass is 10.3. The molecule has 0 saturated carbocycles. The third-order valence-corrected chi connectivity index (χ3v) is 3.30. The molecule has 3 nitrogen and oxygen atoms in total. The lowest BCUT2D eigenvalue weighted by Crippen LogP contribution is -2.20. The van der Waals surface area contributed by atoms with Crippen molar-refractivity contribution in [2.45, 2.75) is 32.4 Å². The van der Waals surface area contributed by atoms with E-state index in [0.29, 0.717) is 6.54 Å². The maximum atomic E-state index is 11.7. The van der Waals surface area contributed by atoms with Gasteiger partial charge in [0.2, 0.25) is 0 Å². The Morgan fingerprint density at radius 3 is 2.47 bits per heavy atom. The molecule has 0 bridgehead atoms. The van der Waals surface area contributed by atoms with Gasteiger partial charge in [0, 0.05) is 6.54 Å². The van der Waals surface area contributed by atoms with E-state index >= 15 is 0 Å². The number of alkyl halides is 3. The van der Waals surface area contributed by atoms with Crippen molar-refractivity contribution < 1.29 is 22.6 Å². The Morgan fingerprint density at radius 2 is 2.00 bits per heavy atom. The first-order valence-corrected chi connectivity index (χ1v) is 7.23. The van der Waals surface area contributed by atoms with Gasteiger partial charge in [-0.05, 0) is 18.2 Å². The predicted molar refractivity (Wildman–Crippen MR) is 56.0 cm³/mol. The van der Waals surface area contributed by atoms with Crippen molar-refractivity contribution in [1.29, 1.82) is 0 Å². The second-order valence-corrected chi connectivity index (χ2v) is 6.12. The van der Waals surface area contributed by atoms with Crippen LogP contribution in [0.15, 0.2) is 0 Å².